The lowest BCUT2D eigenvalue weighted by Crippen LogP contribution is -2.27. The zero-order chi connectivity index (χ0) is 11.6. The third-order valence-electron chi connectivity index (χ3n) is 2.09. The summed E-state index contributed by atoms with van der Waals surface area (Å²) in [6.45, 7) is 6.21. The van der Waals surface area contributed by atoms with E-state index in [2.05, 4.69) is 0 Å². The van der Waals surface area contributed by atoms with Crippen molar-refractivity contribution in [2.75, 3.05) is 11.5 Å². The van der Waals surface area contributed by atoms with Gasteiger partial charge in [0.15, 0.2) is 19.7 Å². The van der Waals surface area contributed by atoms with Crippen molar-refractivity contribution in [2.45, 2.75) is 38.2 Å². The van der Waals surface area contributed by atoms with Crippen molar-refractivity contribution in [3.63, 3.8) is 0 Å². The highest BCUT2D eigenvalue weighted by Gasteiger charge is 2.22. The molecule has 0 N–H and O–H groups in total. The summed E-state index contributed by atoms with van der Waals surface area (Å²) in [5.41, 5.74) is 0. The van der Waals surface area contributed by atoms with Gasteiger partial charge in [-0.2, -0.15) is 0 Å². The van der Waals surface area contributed by atoms with Crippen molar-refractivity contribution in [1.82, 2.24) is 0 Å². The molecule has 0 aliphatic rings. The van der Waals surface area contributed by atoms with E-state index in [-0.39, 0.29) is 11.5 Å². The maximum atomic E-state index is 11.3. The van der Waals surface area contributed by atoms with Crippen LogP contribution in [0.25, 0.3) is 0 Å². The lowest BCUT2D eigenvalue weighted by molar-refractivity contribution is 0.579. The van der Waals surface area contributed by atoms with Crippen LogP contribution in [-0.4, -0.2) is 38.8 Å². The number of sulfone groups is 2. The number of hydrogen-bond acceptors (Lipinski definition) is 4. The van der Waals surface area contributed by atoms with Crippen LogP contribution in [0.15, 0.2) is 0 Å². The van der Waals surface area contributed by atoms with Crippen LogP contribution in [0.3, 0.4) is 0 Å². The molecule has 0 aromatic carbocycles. The molecule has 0 rings (SSSR count). The van der Waals surface area contributed by atoms with Gasteiger partial charge in [-0.25, -0.2) is 16.8 Å². The second-order valence-electron chi connectivity index (χ2n) is 3.83. The summed E-state index contributed by atoms with van der Waals surface area (Å²) in [5, 5.41) is -1.02. The van der Waals surface area contributed by atoms with Crippen LogP contribution in [0, 0.1) is 0 Å². The Morgan fingerprint density at radius 3 is 1.07 bits per heavy atom. The molecule has 4 nitrogen and oxygen atoms in total. The summed E-state index contributed by atoms with van der Waals surface area (Å²) < 4.78 is 45.3. The van der Waals surface area contributed by atoms with E-state index in [1.165, 1.54) is 0 Å². The van der Waals surface area contributed by atoms with Crippen LogP contribution in [0.2, 0.25) is 0 Å². The Morgan fingerprint density at radius 1 is 0.714 bits per heavy atom. The van der Waals surface area contributed by atoms with Gasteiger partial charge in [0.05, 0.1) is 22.0 Å². The highest BCUT2D eigenvalue weighted by molar-refractivity contribution is 7.95. The first kappa shape index (κ1) is 13.9. The molecule has 14 heavy (non-hydrogen) atoms. The lowest BCUT2D eigenvalue weighted by atomic mass is 10.6. The minimum Gasteiger partial charge on any atom is -0.229 e. The predicted molar refractivity (Wildman–Crippen MR) is 57.8 cm³/mol. The smallest absolute Gasteiger partial charge is 0.153 e. The molecule has 0 aliphatic heterocycles. The van der Waals surface area contributed by atoms with Gasteiger partial charge in [-0.3, -0.25) is 0 Å². The summed E-state index contributed by atoms with van der Waals surface area (Å²) in [4.78, 5) is 0. The van der Waals surface area contributed by atoms with E-state index >= 15 is 0 Å². The van der Waals surface area contributed by atoms with Crippen LogP contribution >= 0.6 is 0 Å². The van der Waals surface area contributed by atoms with Gasteiger partial charge in [-0.05, 0) is 27.7 Å². The Morgan fingerprint density at radius 2 is 0.929 bits per heavy atom. The molecule has 0 saturated carbocycles. The number of hydrogen-bond donors (Lipinski definition) is 0. The van der Waals surface area contributed by atoms with E-state index in [1.807, 2.05) is 0 Å². The molecule has 6 heteroatoms. The van der Waals surface area contributed by atoms with Crippen molar-refractivity contribution in [3.05, 3.63) is 0 Å². The SMILES string of the molecule is CC(C)S(=O)(=O)CCS(=O)(=O)C(C)C. The Bertz CT molecular complexity index is 324. The standard InChI is InChI=1S/C8H18O4S2/c1-7(2)13(9,10)5-6-14(11,12)8(3)4/h7-8H,5-6H2,1-4H3. The van der Waals surface area contributed by atoms with Crippen molar-refractivity contribution in [3.8, 4) is 0 Å². The summed E-state index contributed by atoms with van der Waals surface area (Å²) in [5.74, 6) is -0.545. The molecule has 0 heterocycles. The van der Waals surface area contributed by atoms with Crippen LogP contribution in [0.5, 0.6) is 0 Å². The monoisotopic (exact) mass is 242 g/mol. The maximum absolute atomic E-state index is 11.3. The van der Waals surface area contributed by atoms with Crippen LogP contribution in [0.1, 0.15) is 27.7 Å². The Hall–Kier alpha value is -0.100. The van der Waals surface area contributed by atoms with Crippen molar-refractivity contribution < 1.29 is 16.8 Å². The molecule has 0 amide bonds. The lowest BCUT2D eigenvalue weighted by Gasteiger charge is -2.09. The third kappa shape index (κ3) is 3.96. The number of rotatable bonds is 5. The van der Waals surface area contributed by atoms with Gasteiger partial charge < -0.3 is 0 Å². The second-order valence-corrected chi connectivity index (χ2v) is 9.19. The van der Waals surface area contributed by atoms with Crippen LogP contribution in [0.4, 0.5) is 0 Å². The largest absolute Gasteiger partial charge is 0.229 e. The van der Waals surface area contributed by atoms with Gasteiger partial charge in [0.25, 0.3) is 0 Å². The Labute approximate surface area is 86.5 Å². The van der Waals surface area contributed by atoms with Crippen molar-refractivity contribution >= 4 is 19.7 Å². The highest BCUT2D eigenvalue weighted by Crippen LogP contribution is 2.06. The maximum Gasteiger partial charge on any atom is 0.153 e. The van der Waals surface area contributed by atoms with Gasteiger partial charge in [0.1, 0.15) is 0 Å². The normalized spacial score (nSPS) is 13.9. The zero-order valence-electron chi connectivity index (χ0n) is 9.02. The summed E-state index contributed by atoms with van der Waals surface area (Å²) in [6.07, 6.45) is 0. The third-order valence-corrected chi connectivity index (χ3v) is 6.77. The molecule has 0 unspecified atom stereocenters. The Balaban J connectivity index is 4.50. The van der Waals surface area contributed by atoms with Crippen molar-refractivity contribution in [1.29, 1.82) is 0 Å². The summed E-state index contributed by atoms with van der Waals surface area (Å²) in [7, 11) is -6.49. The summed E-state index contributed by atoms with van der Waals surface area (Å²) in [6, 6.07) is 0. The molecular weight excluding hydrogens is 224 g/mol. The van der Waals surface area contributed by atoms with E-state index in [4.69, 9.17) is 0 Å². The fourth-order valence-electron chi connectivity index (χ4n) is 0.704. The molecule has 0 fully saturated rings. The molecule has 0 aliphatic carbocycles. The minimum absolute atomic E-state index is 0.273. The van der Waals surface area contributed by atoms with Crippen molar-refractivity contribution in [2.24, 2.45) is 0 Å². The fraction of sp³-hybridized carbons (Fsp3) is 1.00. The van der Waals surface area contributed by atoms with Gasteiger partial charge >= 0.3 is 0 Å². The molecular formula is C8H18O4S2. The average molecular weight is 242 g/mol. The first-order valence-electron chi connectivity index (χ1n) is 4.52. The van der Waals surface area contributed by atoms with Crippen LogP contribution in [-0.2, 0) is 19.7 Å². The topological polar surface area (TPSA) is 68.3 Å². The first-order chi connectivity index (χ1) is 6.09. The molecule has 0 aromatic heterocycles. The molecule has 0 atom stereocenters. The molecule has 86 valence electrons. The first-order valence-corrected chi connectivity index (χ1v) is 7.96. The quantitative estimate of drug-likeness (QED) is 0.709. The second kappa shape index (κ2) is 4.61. The van der Waals surface area contributed by atoms with E-state index in [0.29, 0.717) is 0 Å². The molecule has 0 saturated heterocycles. The highest BCUT2D eigenvalue weighted by atomic mass is 32.2. The van der Waals surface area contributed by atoms with E-state index in [0.717, 1.165) is 0 Å². The Kier molecular flexibility index (Phi) is 4.58. The zero-order valence-corrected chi connectivity index (χ0v) is 10.7. The van der Waals surface area contributed by atoms with Gasteiger partial charge in [0.2, 0.25) is 0 Å². The van der Waals surface area contributed by atoms with E-state index in [1.54, 1.807) is 27.7 Å². The minimum atomic E-state index is -3.24. The van der Waals surface area contributed by atoms with Crippen LogP contribution < -0.4 is 0 Å². The van der Waals surface area contributed by atoms with Gasteiger partial charge in [-0.15, -0.1) is 0 Å². The molecule has 0 spiro atoms. The predicted octanol–water partition coefficient (Wildman–Crippen LogP) is 0.633. The fourth-order valence-corrected chi connectivity index (χ4v) is 3.50. The van der Waals surface area contributed by atoms with E-state index in [9.17, 15) is 16.8 Å². The van der Waals surface area contributed by atoms with Gasteiger partial charge in [-0.1, -0.05) is 0 Å². The van der Waals surface area contributed by atoms with E-state index < -0.39 is 30.2 Å². The molecule has 0 aromatic rings. The van der Waals surface area contributed by atoms with Gasteiger partial charge in [0, 0.05) is 0 Å². The average Bonchev–Trinajstić information content (AvgIpc) is 2.01. The molecule has 0 bridgehead atoms. The summed E-state index contributed by atoms with van der Waals surface area (Å²) >= 11 is 0. The molecule has 0 radical (unpaired) electrons.